The molecule has 324 valence electrons. The molecule has 8 nitrogen and oxygen atoms in total. The first-order valence-electron chi connectivity index (χ1n) is 22.0. The second-order valence-corrected chi connectivity index (χ2v) is 19.9. The fourth-order valence-corrected chi connectivity index (χ4v) is 13.3. The van der Waals surface area contributed by atoms with Crippen LogP contribution in [0.25, 0.3) is 5.57 Å². The zero-order valence-electron chi connectivity index (χ0n) is 36.8. The normalized spacial score (nSPS) is 29.0. The van der Waals surface area contributed by atoms with Crippen LogP contribution in [0, 0.1) is 52.3 Å². The highest BCUT2D eigenvalue weighted by atomic mass is 35.5. The number of nitrogens with one attached hydrogen (secondary N) is 1. The number of halogens is 2. The molecular formula is C49H67Cl2NO7. The van der Waals surface area contributed by atoms with Gasteiger partial charge in [-0.25, -0.2) is 9.59 Å². The van der Waals surface area contributed by atoms with Crippen molar-refractivity contribution < 1.29 is 33.3 Å². The molecule has 0 aliphatic heterocycles. The molecule has 6 rings (SSSR count). The molecule has 4 fully saturated rings. The fraction of sp³-hybridized carbons (Fsp3) is 0.653. The van der Waals surface area contributed by atoms with Gasteiger partial charge >= 0.3 is 11.9 Å². The lowest BCUT2D eigenvalue weighted by atomic mass is 9.44. The van der Waals surface area contributed by atoms with Crippen LogP contribution < -0.4 is 14.8 Å². The van der Waals surface area contributed by atoms with Crippen molar-refractivity contribution in [1.82, 2.24) is 5.32 Å². The average Bonchev–Trinajstić information content (AvgIpc) is 3.57. The average molecular weight is 853 g/mol. The number of ether oxygens (including phenoxy) is 4. The molecule has 0 bridgehead atoms. The molecule has 1 N–H and O–H groups in total. The first-order chi connectivity index (χ1) is 28.1. The Kier molecular flexibility index (Phi) is 14.4. The zero-order valence-corrected chi connectivity index (χ0v) is 38.3. The van der Waals surface area contributed by atoms with Gasteiger partial charge in [0.1, 0.15) is 11.1 Å². The van der Waals surface area contributed by atoms with E-state index in [2.05, 4.69) is 39.9 Å². The molecule has 4 aliphatic carbocycles. The summed E-state index contributed by atoms with van der Waals surface area (Å²) in [5.41, 5.74) is 2.56. The first kappa shape index (κ1) is 45.3. The largest absolute Gasteiger partial charge is 0.494 e. The Labute approximate surface area is 362 Å². The van der Waals surface area contributed by atoms with Crippen molar-refractivity contribution in [3.8, 4) is 11.5 Å². The molecule has 0 spiro atoms. The van der Waals surface area contributed by atoms with Gasteiger partial charge in [-0.05, 0) is 151 Å². The lowest BCUT2D eigenvalue weighted by Crippen LogP contribution is -2.55. The Bertz CT molecular complexity index is 1830. The summed E-state index contributed by atoms with van der Waals surface area (Å²) >= 11 is 13.3. The lowest BCUT2D eigenvalue weighted by molar-refractivity contribution is -0.127. The van der Waals surface area contributed by atoms with Crippen LogP contribution in [-0.2, 0) is 14.3 Å². The van der Waals surface area contributed by atoms with Crippen molar-refractivity contribution in [3.63, 3.8) is 0 Å². The Balaban J connectivity index is 1.19. The molecule has 0 radical (unpaired) electrons. The molecule has 2 aromatic rings. The van der Waals surface area contributed by atoms with Gasteiger partial charge in [0.2, 0.25) is 5.91 Å². The molecule has 10 heteroatoms. The third kappa shape index (κ3) is 9.06. The van der Waals surface area contributed by atoms with Gasteiger partial charge in [-0.15, -0.1) is 0 Å². The number of methoxy groups -OCH3 is 4. The van der Waals surface area contributed by atoms with Gasteiger partial charge in [0, 0.05) is 12.5 Å². The maximum atomic E-state index is 13.9. The molecule has 0 unspecified atom stereocenters. The topological polar surface area (TPSA) is 100 Å². The van der Waals surface area contributed by atoms with E-state index in [1.807, 2.05) is 0 Å². The highest BCUT2D eigenvalue weighted by Gasteiger charge is 2.60. The first-order valence-corrected chi connectivity index (χ1v) is 22.8. The van der Waals surface area contributed by atoms with Gasteiger partial charge in [0.15, 0.2) is 11.5 Å². The summed E-state index contributed by atoms with van der Waals surface area (Å²) in [6.45, 7) is 12.5. The Morgan fingerprint density at radius 1 is 0.763 bits per heavy atom. The molecule has 59 heavy (non-hydrogen) atoms. The van der Waals surface area contributed by atoms with Crippen molar-refractivity contribution in [2.75, 3.05) is 28.4 Å². The van der Waals surface area contributed by atoms with Gasteiger partial charge in [-0.1, -0.05) is 83.2 Å². The molecule has 0 saturated heterocycles. The molecular weight excluding hydrogens is 785 g/mol. The van der Waals surface area contributed by atoms with Gasteiger partial charge in [-0.2, -0.15) is 0 Å². The van der Waals surface area contributed by atoms with Crippen LogP contribution in [0.4, 0.5) is 0 Å². The van der Waals surface area contributed by atoms with Crippen LogP contribution in [0.15, 0.2) is 30.3 Å². The molecule has 1 amide bonds. The Morgan fingerprint density at radius 3 is 1.90 bits per heavy atom. The molecule has 0 heterocycles. The lowest BCUT2D eigenvalue weighted by Gasteiger charge is -2.61. The van der Waals surface area contributed by atoms with Gasteiger partial charge < -0.3 is 24.3 Å². The number of rotatable bonds is 14. The van der Waals surface area contributed by atoms with Gasteiger partial charge in [-0.3, -0.25) is 4.79 Å². The molecule has 9 atom stereocenters. The second-order valence-electron chi connectivity index (χ2n) is 19.1. The maximum absolute atomic E-state index is 13.9. The number of esters is 2. The van der Waals surface area contributed by atoms with Crippen LogP contribution in [0.1, 0.15) is 150 Å². The predicted octanol–water partition coefficient (Wildman–Crippen LogP) is 12.0. The standard InChI is InChI=1S/C49H67Cl2NO7/c1-28(2)11-10-12-29(3)38-16-17-39-35-14-13-32-27-33(19-21-48(32,4)40(35)20-22-49(38,39)5)52-43(53)18-15-34(30-23-36(46(54)58-8)44(56-6)41(50)25-30)31-24-37(47(55)59-9)45(57-7)42(51)26-31/h15,23-26,28-29,32-33,35,38-40H,10-14,16-22,27H2,1-9H3,(H,52,53)/t29-,32+,33+,35+,38-,39+,40+,48+,49-/m1/s1. The van der Waals surface area contributed by atoms with E-state index in [0.717, 1.165) is 54.8 Å². The Morgan fingerprint density at radius 2 is 1.34 bits per heavy atom. The van der Waals surface area contributed by atoms with Gasteiger partial charge in [0.05, 0.1) is 38.5 Å². The van der Waals surface area contributed by atoms with E-state index in [1.54, 1.807) is 30.3 Å². The number of benzene rings is 2. The second kappa shape index (κ2) is 18.8. The SMILES string of the molecule is COC(=O)c1cc(C(=CCC(=O)N[C@H]2CC[C@@]3(C)[C@@H](CC[C@@H]4[C@@H]3CC[C@]3(C)[C@@H]([C@H](C)CCCC(C)C)CC[C@@H]43)C2)c2cc(Cl)c(OC)c(C(=O)OC)c2)cc(Cl)c1OC. The Hall–Kier alpha value is -3.23. The van der Waals surface area contributed by atoms with Crippen LogP contribution in [0.2, 0.25) is 10.0 Å². The zero-order chi connectivity index (χ0) is 42.8. The quantitative estimate of drug-likeness (QED) is 0.189. The highest BCUT2D eigenvalue weighted by molar-refractivity contribution is 6.33. The van der Waals surface area contributed by atoms with Crippen molar-refractivity contribution >= 4 is 46.6 Å². The summed E-state index contributed by atoms with van der Waals surface area (Å²) in [6, 6.07) is 6.61. The third-order valence-corrected chi connectivity index (χ3v) is 16.2. The van der Waals surface area contributed by atoms with Crippen molar-refractivity contribution in [2.45, 2.75) is 124 Å². The summed E-state index contributed by atoms with van der Waals surface area (Å²) in [6.07, 6.45) is 17.1. The third-order valence-electron chi connectivity index (χ3n) is 15.7. The number of carbonyl (C=O) groups is 3. The molecule has 4 aliphatic rings. The maximum Gasteiger partial charge on any atom is 0.341 e. The van der Waals surface area contributed by atoms with E-state index >= 15 is 0 Å². The summed E-state index contributed by atoms with van der Waals surface area (Å²) in [5.74, 6) is 4.47. The van der Waals surface area contributed by atoms with Gasteiger partial charge in [0.25, 0.3) is 0 Å². The summed E-state index contributed by atoms with van der Waals surface area (Å²) in [5, 5.41) is 3.75. The minimum atomic E-state index is -0.638. The smallest absolute Gasteiger partial charge is 0.341 e. The highest BCUT2D eigenvalue weighted by Crippen LogP contribution is 2.68. The van der Waals surface area contributed by atoms with E-state index < -0.39 is 11.9 Å². The molecule has 4 saturated carbocycles. The number of hydrogen-bond acceptors (Lipinski definition) is 7. The van der Waals surface area contributed by atoms with Crippen molar-refractivity contribution in [3.05, 3.63) is 62.6 Å². The van der Waals surface area contributed by atoms with E-state index in [1.165, 1.54) is 86.2 Å². The van der Waals surface area contributed by atoms with Crippen LogP contribution >= 0.6 is 23.2 Å². The number of carbonyl (C=O) groups excluding carboxylic acids is 3. The summed E-state index contributed by atoms with van der Waals surface area (Å²) < 4.78 is 21.0. The van der Waals surface area contributed by atoms with Crippen LogP contribution in [-0.4, -0.2) is 52.3 Å². The molecule has 0 aromatic heterocycles. The van der Waals surface area contributed by atoms with Crippen molar-refractivity contribution in [1.29, 1.82) is 0 Å². The number of fused-ring (bicyclic) bond motifs is 5. The number of hydrogen-bond donors (Lipinski definition) is 1. The van der Waals surface area contributed by atoms with Crippen LogP contribution in [0.3, 0.4) is 0 Å². The van der Waals surface area contributed by atoms with Crippen molar-refractivity contribution in [2.24, 2.45) is 52.3 Å². The van der Waals surface area contributed by atoms with E-state index in [4.69, 9.17) is 42.1 Å². The summed E-state index contributed by atoms with van der Waals surface area (Å²) in [4.78, 5) is 39.6. The predicted molar refractivity (Wildman–Crippen MR) is 235 cm³/mol. The minimum absolute atomic E-state index is 0.0458. The van der Waals surface area contributed by atoms with E-state index in [-0.39, 0.29) is 51.0 Å². The fourth-order valence-electron chi connectivity index (χ4n) is 12.7. The minimum Gasteiger partial charge on any atom is -0.494 e. The monoisotopic (exact) mass is 851 g/mol. The van der Waals surface area contributed by atoms with E-state index in [0.29, 0.717) is 33.4 Å². The summed E-state index contributed by atoms with van der Waals surface area (Å²) in [7, 11) is 5.40. The number of amides is 1. The molecule has 2 aromatic carbocycles. The van der Waals surface area contributed by atoms with E-state index in [9.17, 15) is 14.4 Å². The van der Waals surface area contributed by atoms with Crippen LogP contribution in [0.5, 0.6) is 11.5 Å².